The van der Waals surface area contributed by atoms with Crippen molar-refractivity contribution in [2.45, 2.75) is 47.7 Å². The summed E-state index contributed by atoms with van der Waals surface area (Å²) in [5, 5.41) is 4.62. The number of aryl methyl sites for hydroxylation is 2. The molecule has 0 aliphatic heterocycles. The molecule has 4 heteroatoms. The lowest BCUT2D eigenvalue weighted by Crippen LogP contribution is -2.25. The van der Waals surface area contributed by atoms with Crippen LogP contribution in [-0.4, -0.2) is 27.8 Å². The van der Waals surface area contributed by atoms with E-state index in [9.17, 15) is 0 Å². The van der Waals surface area contributed by atoms with Gasteiger partial charge in [-0.15, -0.1) is 0 Å². The van der Waals surface area contributed by atoms with Gasteiger partial charge in [0.15, 0.2) is 0 Å². The molecule has 2 rings (SSSR count). The number of furan rings is 1. The van der Waals surface area contributed by atoms with Crippen LogP contribution in [0.4, 0.5) is 0 Å². The molecule has 0 unspecified atom stereocenters. The molecule has 0 aliphatic rings. The highest BCUT2D eigenvalue weighted by Crippen LogP contribution is 2.17. The molecule has 0 amide bonds. The molecule has 0 saturated carbocycles. The Morgan fingerprint density at radius 1 is 1.36 bits per heavy atom. The minimum Gasteiger partial charge on any atom is -0.465 e. The van der Waals surface area contributed by atoms with E-state index in [4.69, 9.17) is 4.42 Å². The summed E-state index contributed by atoms with van der Waals surface area (Å²) in [6.07, 6.45) is 3.82. The molecule has 0 aromatic carbocycles. The van der Waals surface area contributed by atoms with Crippen LogP contribution in [0.25, 0.3) is 6.08 Å². The molecule has 0 bridgehead atoms. The second-order valence-corrected chi connectivity index (χ2v) is 5.77. The predicted octanol–water partition coefficient (Wildman–Crippen LogP) is 4.04. The third-order valence-corrected chi connectivity index (χ3v) is 4.06. The van der Waals surface area contributed by atoms with E-state index in [2.05, 4.69) is 55.4 Å². The number of aromatic nitrogens is 2. The van der Waals surface area contributed by atoms with Gasteiger partial charge in [0.05, 0.1) is 12.0 Å². The van der Waals surface area contributed by atoms with Gasteiger partial charge < -0.3 is 4.42 Å². The standard InChI is InChI=1S/C18H27N3O/c1-6-20(12-14(3)11-17-9-8-10-22-17)13-18-15(4)19-21(7-2)16(18)5/h8-11H,6-7,12-13H2,1-5H3. The van der Waals surface area contributed by atoms with Gasteiger partial charge in [-0.2, -0.15) is 5.10 Å². The molecule has 2 heterocycles. The highest BCUT2D eigenvalue weighted by molar-refractivity contribution is 5.46. The molecule has 120 valence electrons. The molecule has 2 aromatic heterocycles. The van der Waals surface area contributed by atoms with Crippen LogP contribution < -0.4 is 0 Å². The topological polar surface area (TPSA) is 34.2 Å². The molecule has 2 aromatic rings. The largest absolute Gasteiger partial charge is 0.465 e. The summed E-state index contributed by atoms with van der Waals surface area (Å²) in [6.45, 7) is 14.6. The third kappa shape index (κ3) is 3.89. The van der Waals surface area contributed by atoms with Crippen LogP contribution in [0.3, 0.4) is 0 Å². The van der Waals surface area contributed by atoms with Crippen molar-refractivity contribution in [3.8, 4) is 0 Å². The van der Waals surface area contributed by atoms with Crippen molar-refractivity contribution in [1.29, 1.82) is 0 Å². The molecule has 0 N–H and O–H groups in total. The fraction of sp³-hybridized carbons (Fsp3) is 0.500. The fourth-order valence-corrected chi connectivity index (χ4v) is 2.79. The number of nitrogens with zero attached hydrogens (tertiary/aromatic N) is 3. The van der Waals surface area contributed by atoms with Crippen molar-refractivity contribution in [3.05, 3.63) is 46.7 Å². The van der Waals surface area contributed by atoms with Crippen molar-refractivity contribution in [2.75, 3.05) is 13.1 Å². The molecule has 4 nitrogen and oxygen atoms in total. The molecule has 0 radical (unpaired) electrons. The average molecular weight is 301 g/mol. The maximum absolute atomic E-state index is 5.39. The summed E-state index contributed by atoms with van der Waals surface area (Å²) < 4.78 is 7.47. The Labute approximate surface area is 133 Å². The van der Waals surface area contributed by atoms with E-state index in [-0.39, 0.29) is 0 Å². The average Bonchev–Trinajstić information content (AvgIpc) is 3.09. The van der Waals surface area contributed by atoms with Crippen molar-refractivity contribution in [1.82, 2.24) is 14.7 Å². The van der Waals surface area contributed by atoms with Crippen LogP contribution in [0.1, 0.15) is 43.5 Å². The van der Waals surface area contributed by atoms with Crippen molar-refractivity contribution >= 4 is 6.08 Å². The Balaban J connectivity index is 2.08. The predicted molar refractivity (Wildman–Crippen MR) is 90.7 cm³/mol. The highest BCUT2D eigenvalue weighted by Gasteiger charge is 2.14. The molecule has 0 fully saturated rings. The Bertz CT molecular complexity index is 623. The smallest absolute Gasteiger partial charge is 0.126 e. The van der Waals surface area contributed by atoms with Crippen LogP contribution in [0.5, 0.6) is 0 Å². The van der Waals surface area contributed by atoms with Gasteiger partial charge in [-0.3, -0.25) is 9.58 Å². The summed E-state index contributed by atoms with van der Waals surface area (Å²) in [4.78, 5) is 2.44. The van der Waals surface area contributed by atoms with E-state index in [1.165, 1.54) is 16.8 Å². The second-order valence-electron chi connectivity index (χ2n) is 5.77. The summed E-state index contributed by atoms with van der Waals surface area (Å²) in [6, 6.07) is 3.90. The van der Waals surface area contributed by atoms with Crippen molar-refractivity contribution in [3.63, 3.8) is 0 Å². The van der Waals surface area contributed by atoms with E-state index in [0.717, 1.165) is 37.6 Å². The first kappa shape index (κ1) is 16.6. The van der Waals surface area contributed by atoms with Gasteiger partial charge in [0, 0.05) is 30.9 Å². The van der Waals surface area contributed by atoms with E-state index < -0.39 is 0 Å². The maximum Gasteiger partial charge on any atom is 0.126 e. The van der Waals surface area contributed by atoms with Crippen LogP contribution in [-0.2, 0) is 13.1 Å². The zero-order valence-corrected chi connectivity index (χ0v) is 14.4. The van der Waals surface area contributed by atoms with Gasteiger partial charge in [-0.05, 0) is 52.4 Å². The van der Waals surface area contributed by atoms with Crippen LogP contribution in [0.15, 0.2) is 28.4 Å². The van der Waals surface area contributed by atoms with Crippen LogP contribution in [0.2, 0.25) is 0 Å². The quantitative estimate of drug-likeness (QED) is 0.774. The molecular weight excluding hydrogens is 274 g/mol. The van der Waals surface area contributed by atoms with Crippen molar-refractivity contribution in [2.24, 2.45) is 0 Å². The summed E-state index contributed by atoms with van der Waals surface area (Å²) >= 11 is 0. The fourth-order valence-electron chi connectivity index (χ4n) is 2.79. The van der Waals surface area contributed by atoms with Gasteiger partial charge in [-0.1, -0.05) is 12.5 Å². The zero-order chi connectivity index (χ0) is 16.1. The Kier molecular flexibility index (Phi) is 5.61. The SMILES string of the molecule is CCN(CC(C)=Cc1ccco1)Cc1c(C)nn(CC)c1C. The minimum absolute atomic E-state index is 0.916. The lowest BCUT2D eigenvalue weighted by atomic mass is 10.1. The first-order valence-electron chi connectivity index (χ1n) is 8.01. The minimum atomic E-state index is 0.916. The maximum atomic E-state index is 5.39. The monoisotopic (exact) mass is 301 g/mol. The van der Waals surface area contributed by atoms with Gasteiger partial charge >= 0.3 is 0 Å². The Morgan fingerprint density at radius 3 is 2.68 bits per heavy atom. The molecule has 0 atom stereocenters. The van der Waals surface area contributed by atoms with E-state index in [1.807, 2.05) is 12.1 Å². The van der Waals surface area contributed by atoms with Gasteiger partial charge in [-0.25, -0.2) is 0 Å². The Hall–Kier alpha value is -1.81. The molecule has 0 spiro atoms. The number of likely N-dealkylation sites (N-methyl/N-ethyl adjacent to an activating group) is 1. The first-order chi connectivity index (χ1) is 10.5. The first-order valence-corrected chi connectivity index (χ1v) is 8.01. The van der Waals surface area contributed by atoms with Gasteiger partial charge in [0.1, 0.15) is 5.76 Å². The second kappa shape index (κ2) is 7.45. The summed E-state index contributed by atoms with van der Waals surface area (Å²) in [7, 11) is 0. The normalized spacial score (nSPS) is 12.4. The number of hydrogen-bond acceptors (Lipinski definition) is 3. The van der Waals surface area contributed by atoms with E-state index >= 15 is 0 Å². The van der Waals surface area contributed by atoms with E-state index in [1.54, 1.807) is 6.26 Å². The van der Waals surface area contributed by atoms with Crippen LogP contribution >= 0.6 is 0 Å². The van der Waals surface area contributed by atoms with Crippen LogP contribution in [0, 0.1) is 13.8 Å². The Morgan fingerprint density at radius 2 is 2.14 bits per heavy atom. The van der Waals surface area contributed by atoms with E-state index in [0.29, 0.717) is 0 Å². The zero-order valence-electron chi connectivity index (χ0n) is 14.4. The lowest BCUT2D eigenvalue weighted by Gasteiger charge is -2.21. The van der Waals surface area contributed by atoms with Gasteiger partial charge in [0.25, 0.3) is 0 Å². The number of hydrogen-bond donors (Lipinski definition) is 0. The molecule has 0 aliphatic carbocycles. The molecule has 0 saturated heterocycles. The number of rotatable bonds is 7. The summed E-state index contributed by atoms with van der Waals surface area (Å²) in [5.74, 6) is 0.916. The lowest BCUT2D eigenvalue weighted by molar-refractivity contribution is 0.303. The van der Waals surface area contributed by atoms with Crippen molar-refractivity contribution < 1.29 is 4.42 Å². The molecular formula is C18H27N3O. The third-order valence-electron chi connectivity index (χ3n) is 4.06. The van der Waals surface area contributed by atoms with Gasteiger partial charge in [0.2, 0.25) is 0 Å². The summed E-state index contributed by atoms with van der Waals surface area (Å²) in [5.41, 5.74) is 5.08. The molecule has 22 heavy (non-hydrogen) atoms. The highest BCUT2D eigenvalue weighted by atomic mass is 16.3.